The molecule has 7 nitrogen and oxygen atoms in total. The lowest BCUT2D eigenvalue weighted by atomic mass is 10.0. The second kappa shape index (κ2) is 6.63. The van der Waals surface area contributed by atoms with Crippen molar-refractivity contribution in [3.8, 4) is 5.75 Å². The molecule has 0 bridgehead atoms. The van der Waals surface area contributed by atoms with Gasteiger partial charge in [0.25, 0.3) is 5.91 Å². The van der Waals surface area contributed by atoms with E-state index in [1.165, 1.54) is 24.5 Å². The topological polar surface area (TPSA) is 92.3 Å². The van der Waals surface area contributed by atoms with Gasteiger partial charge in [-0.3, -0.25) is 4.79 Å². The normalized spacial score (nSPS) is 19.0. The van der Waals surface area contributed by atoms with Gasteiger partial charge < -0.3 is 20.2 Å². The summed E-state index contributed by atoms with van der Waals surface area (Å²) >= 11 is 0. The molecule has 28 heavy (non-hydrogen) atoms. The highest BCUT2D eigenvalue weighted by molar-refractivity contribution is 6.07. The number of fused-ring (bicyclic) bond motifs is 1. The highest BCUT2D eigenvalue weighted by Gasteiger charge is 2.47. The second-order valence-corrected chi connectivity index (χ2v) is 6.36. The van der Waals surface area contributed by atoms with Crippen LogP contribution in [0.1, 0.15) is 34.6 Å². The minimum absolute atomic E-state index is 0.0474. The molecule has 1 aliphatic rings. The van der Waals surface area contributed by atoms with E-state index >= 15 is 0 Å². The minimum atomic E-state index is -4.55. The fourth-order valence-electron chi connectivity index (χ4n) is 3.19. The molecule has 2 atom stereocenters. The molecular formula is C18H15F3N4O3. The van der Waals surface area contributed by atoms with Crippen LogP contribution in [0, 0.1) is 0 Å². The quantitative estimate of drug-likeness (QED) is 0.624. The Morgan fingerprint density at radius 1 is 1.32 bits per heavy atom. The van der Waals surface area contributed by atoms with Gasteiger partial charge in [0.15, 0.2) is 6.04 Å². The number of phenols is 1. The molecule has 146 valence electrons. The van der Waals surface area contributed by atoms with E-state index in [0.29, 0.717) is 11.4 Å². The van der Waals surface area contributed by atoms with Crippen LogP contribution in [0.15, 0.2) is 53.3 Å². The summed E-state index contributed by atoms with van der Waals surface area (Å²) < 4.78 is 46.8. The third-order valence-corrected chi connectivity index (χ3v) is 4.47. The van der Waals surface area contributed by atoms with E-state index in [1.54, 1.807) is 18.2 Å². The van der Waals surface area contributed by atoms with Gasteiger partial charge in [-0.1, -0.05) is 6.07 Å². The van der Waals surface area contributed by atoms with E-state index in [9.17, 15) is 23.1 Å². The zero-order chi connectivity index (χ0) is 19.9. The standard InChI is InChI=1S/C18H15F3N4O3/c19-18(20,21)15-8-13(14-5-2-6-28-14)24-16-12(9-22-25(15)16)17(27)23-10-3-1-4-11(26)7-10/h1-7,9,13,15,24,26H,8H2,(H,23,27)/t13-,15+/m0/s1. The molecule has 0 aliphatic carbocycles. The largest absolute Gasteiger partial charge is 0.508 e. The van der Waals surface area contributed by atoms with E-state index < -0.39 is 24.2 Å². The third-order valence-electron chi connectivity index (χ3n) is 4.47. The van der Waals surface area contributed by atoms with Crippen molar-refractivity contribution in [1.29, 1.82) is 0 Å². The van der Waals surface area contributed by atoms with Crippen LogP contribution in [0.5, 0.6) is 5.75 Å². The summed E-state index contributed by atoms with van der Waals surface area (Å²) in [5.41, 5.74) is 0.254. The van der Waals surface area contributed by atoms with E-state index in [2.05, 4.69) is 15.7 Å². The Hall–Kier alpha value is -3.43. The maximum atomic E-state index is 13.6. The number of amides is 1. The monoisotopic (exact) mass is 392 g/mol. The van der Waals surface area contributed by atoms with Crippen molar-refractivity contribution in [3.63, 3.8) is 0 Å². The smallest absolute Gasteiger partial charge is 0.410 e. The van der Waals surface area contributed by atoms with Crippen LogP contribution in [0.3, 0.4) is 0 Å². The van der Waals surface area contributed by atoms with E-state index in [1.807, 2.05) is 0 Å². The fraction of sp³-hybridized carbons (Fsp3) is 0.222. The predicted molar refractivity (Wildman–Crippen MR) is 93.1 cm³/mol. The van der Waals surface area contributed by atoms with Gasteiger partial charge in [0, 0.05) is 18.2 Å². The van der Waals surface area contributed by atoms with Gasteiger partial charge in [0.2, 0.25) is 0 Å². The Kier molecular flexibility index (Phi) is 4.25. The van der Waals surface area contributed by atoms with Gasteiger partial charge in [-0.15, -0.1) is 0 Å². The number of rotatable bonds is 3. The number of hydrogen-bond acceptors (Lipinski definition) is 5. The molecule has 3 aromatic rings. The number of nitrogens with zero attached hydrogens (tertiary/aromatic N) is 2. The van der Waals surface area contributed by atoms with Crippen LogP contribution >= 0.6 is 0 Å². The SMILES string of the molecule is O=C(Nc1cccc(O)c1)c1cnn2c1N[C@H](c1ccco1)C[C@@H]2C(F)(F)F. The molecule has 0 spiro atoms. The molecule has 1 aliphatic heterocycles. The van der Waals surface area contributed by atoms with E-state index in [-0.39, 0.29) is 23.6 Å². The molecular weight excluding hydrogens is 377 g/mol. The molecule has 0 unspecified atom stereocenters. The van der Waals surface area contributed by atoms with Crippen molar-refractivity contribution in [2.24, 2.45) is 0 Å². The zero-order valence-corrected chi connectivity index (χ0v) is 14.3. The van der Waals surface area contributed by atoms with Crippen LogP contribution in [0.2, 0.25) is 0 Å². The molecule has 4 rings (SSSR count). The van der Waals surface area contributed by atoms with Crippen LogP contribution in [0.25, 0.3) is 0 Å². The summed E-state index contributed by atoms with van der Waals surface area (Å²) in [6.07, 6.45) is -2.41. The predicted octanol–water partition coefficient (Wildman–Crippen LogP) is 4.09. The van der Waals surface area contributed by atoms with Crippen molar-refractivity contribution in [1.82, 2.24) is 9.78 Å². The first kappa shape index (κ1) is 18.0. The Labute approximate surface area is 156 Å². The first-order valence-electron chi connectivity index (χ1n) is 8.37. The fourth-order valence-corrected chi connectivity index (χ4v) is 3.19. The summed E-state index contributed by atoms with van der Waals surface area (Å²) in [4.78, 5) is 12.6. The number of halogens is 3. The van der Waals surface area contributed by atoms with Crippen molar-refractivity contribution in [2.45, 2.75) is 24.7 Å². The van der Waals surface area contributed by atoms with Crippen LogP contribution < -0.4 is 10.6 Å². The zero-order valence-electron chi connectivity index (χ0n) is 14.3. The summed E-state index contributed by atoms with van der Waals surface area (Å²) in [6.45, 7) is 0. The van der Waals surface area contributed by atoms with Gasteiger partial charge in [0.1, 0.15) is 22.9 Å². The Balaban J connectivity index is 1.68. The van der Waals surface area contributed by atoms with Gasteiger partial charge >= 0.3 is 6.18 Å². The van der Waals surface area contributed by atoms with Gasteiger partial charge in [0.05, 0.1) is 18.5 Å². The first-order chi connectivity index (χ1) is 13.3. The van der Waals surface area contributed by atoms with Crippen LogP contribution in [-0.4, -0.2) is 27.0 Å². The molecule has 0 saturated carbocycles. The molecule has 3 N–H and O–H groups in total. The van der Waals surface area contributed by atoms with E-state index in [0.717, 1.165) is 10.9 Å². The molecule has 0 saturated heterocycles. The average molecular weight is 392 g/mol. The van der Waals surface area contributed by atoms with Gasteiger partial charge in [-0.25, -0.2) is 4.68 Å². The number of aromatic nitrogens is 2. The number of anilines is 2. The van der Waals surface area contributed by atoms with Crippen molar-refractivity contribution in [2.75, 3.05) is 10.6 Å². The second-order valence-electron chi connectivity index (χ2n) is 6.36. The lowest BCUT2D eigenvalue weighted by Gasteiger charge is -2.32. The number of nitrogens with one attached hydrogen (secondary N) is 2. The minimum Gasteiger partial charge on any atom is -0.508 e. The van der Waals surface area contributed by atoms with Crippen LogP contribution in [0.4, 0.5) is 24.7 Å². The maximum absolute atomic E-state index is 13.6. The molecule has 0 radical (unpaired) electrons. The summed E-state index contributed by atoms with van der Waals surface area (Å²) in [7, 11) is 0. The highest BCUT2D eigenvalue weighted by Crippen LogP contribution is 2.44. The molecule has 1 aromatic carbocycles. The number of phenolic OH excluding ortho intramolecular Hbond substituents is 1. The number of alkyl halides is 3. The molecule has 10 heteroatoms. The Morgan fingerprint density at radius 2 is 2.14 bits per heavy atom. The van der Waals surface area contributed by atoms with Crippen molar-refractivity contribution < 1.29 is 27.5 Å². The number of furan rings is 1. The first-order valence-corrected chi connectivity index (χ1v) is 8.37. The number of benzene rings is 1. The number of hydrogen-bond donors (Lipinski definition) is 3. The van der Waals surface area contributed by atoms with E-state index in [4.69, 9.17) is 4.42 Å². The molecule has 3 heterocycles. The number of carbonyl (C=O) groups excluding carboxylic acids is 1. The van der Waals surface area contributed by atoms with Crippen molar-refractivity contribution >= 4 is 17.4 Å². The van der Waals surface area contributed by atoms with Gasteiger partial charge in [-0.05, 0) is 24.3 Å². The Bertz CT molecular complexity index is 998. The van der Waals surface area contributed by atoms with Crippen LogP contribution in [-0.2, 0) is 0 Å². The third kappa shape index (κ3) is 3.28. The highest BCUT2D eigenvalue weighted by atomic mass is 19.4. The molecule has 1 amide bonds. The Morgan fingerprint density at radius 3 is 2.82 bits per heavy atom. The number of aromatic hydroxyl groups is 1. The molecule has 0 fully saturated rings. The van der Waals surface area contributed by atoms with Gasteiger partial charge in [-0.2, -0.15) is 18.3 Å². The van der Waals surface area contributed by atoms with Crippen molar-refractivity contribution in [3.05, 3.63) is 60.2 Å². The molecule has 2 aromatic heterocycles. The number of carbonyl (C=O) groups is 1. The summed E-state index contributed by atoms with van der Waals surface area (Å²) in [5, 5.41) is 18.8. The lowest BCUT2D eigenvalue weighted by molar-refractivity contribution is -0.174. The lowest BCUT2D eigenvalue weighted by Crippen LogP contribution is -2.36. The average Bonchev–Trinajstić information content (AvgIpc) is 3.29. The maximum Gasteiger partial charge on any atom is 0.410 e. The summed E-state index contributed by atoms with van der Waals surface area (Å²) in [6, 6.07) is 6.32. The summed E-state index contributed by atoms with van der Waals surface area (Å²) in [5.74, 6) is -0.419.